The van der Waals surface area contributed by atoms with Crippen molar-refractivity contribution in [3.63, 3.8) is 0 Å². The van der Waals surface area contributed by atoms with Gasteiger partial charge in [-0.05, 0) is 35.6 Å². The number of aromatic nitrogens is 2. The lowest BCUT2D eigenvalue weighted by Crippen LogP contribution is -2.22. The van der Waals surface area contributed by atoms with E-state index in [4.69, 9.17) is 0 Å². The van der Waals surface area contributed by atoms with Gasteiger partial charge in [0.05, 0.1) is 11.5 Å². The molecule has 1 saturated heterocycles. The van der Waals surface area contributed by atoms with Gasteiger partial charge in [-0.1, -0.05) is 32.9 Å². The first kappa shape index (κ1) is 17.7. The first-order chi connectivity index (χ1) is 11.7. The summed E-state index contributed by atoms with van der Waals surface area (Å²) in [6, 6.07) is 9.93. The van der Waals surface area contributed by atoms with Crippen molar-refractivity contribution in [3.05, 3.63) is 42.1 Å². The number of sulfone groups is 1. The summed E-state index contributed by atoms with van der Waals surface area (Å²) in [5, 5.41) is 6.37. The van der Waals surface area contributed by atoms with E-state index in [1.807, 2.05) is 12.1 Å². The Labute approximate surface area is 149 Å². The molecule has 7 heteroatoms. The molecule has 134 valence electrons. The fourth-order valence-electron chi connectivity index (χ4n) is 2.79. The lowest BCUT2D eigenvalue weighted by atomic mass is 9.87. The maximum absolute atomic E-state index is 11.5. The second kappa shape index (κ2) is 6.63. The molecule has 25 heavy (non-hydrogen) atoms. The molecule has 1 aliphatic rings. The standard InChI is InChI=1S/C18H24N4O2S/c1-18(2,3)13-4-6-14(7-5-13)20-16-8-10-19-17(22-16)21-15-9-11-25(23,24)12-15/h4-8,10,15H,9,11-12H2,1-3H3,(H2,19,20,21,22). The Morgan fingerprint density at radius 2 is 1.84 bits per heavy atom. The molecule has 1 fully saturated rings. The molecule has 1 aromatic carbocycles. The zero-order valence-electron chi connectivity index (χ0n) is 14.8. The van der Waals surface area contributed by atoms with Gasteiger partial charge in [-0.15, -0.1) is 0 Å². The highest BCUT2D eigenvalue weighted by molar-refractivity contribution is 7.91. The van der Waals surface area contributed by atoms with Gasteiger partial charge in [0.1, 0.15) is 5.82 Å². The molecule has 1 unspecified atom stereocenters. The summed E-state index contributed by atoms with van der Waals surface area (Å²) < 4.78 is 23.1. The van der Waals surface area contributed by atoms with Crippen LogP contribution in [0.15, 0.2) is 36.5 Å². The highest BCUT2D eigenvalue weighted by atomic mass is 32.2. The lowest BCUT2D eigenvalue weighted by Gasteiger charge is -2.19. The molecule has 1 aromatic heterocycles. The third-order valence-corrected chi connectivity index (χ3v) is 6.01. The minimum absolute atomic E-state index is 0.117. The maximum Gasteiger partial charge on any atom is 0.224 e. The molecule has 0 amide bonds. The van der Waals surface area contributed by atoms with Gasteiger partial charge in [-0.2, -0.15) is 4.98 Å². The molecular weight excluding hydrogens is 336 g/mol. The second-order valence-electron chi connectivity index (χ2n) is 7.46. The summed E-state index contributed by atoms with van der Waals surface area (Å²) in [5.41, 5.74) is 2.33. The van der Waals surface area contributed by atoms with Crippen LogP contribution in [-0.2, 0) is 15.3 Å². The van der Waals surface area contributed by atoms with Gasteiger partial charge in [0, 0.05) is 17.9 Å². The van der Waals surface area contributed by atoms with E-state index in [0.717, 1.165) is 5.69 Å². The summed E-state index contributed by atoms with van der Waals surface area (Å²) in [5.74, 6) is 1.48. The zero-order valence-corrected chi connectivity index (χ0v) is 15.6. The van der Waals surface area contributed by atoms with E-state index in [9.17, 15) is 8.42 Å². The average molecular weight is 360 g/mol. The minimum atomic E-state index is -2.92. The van der Waals surface area contributed by atoms with Gasteiger partial charge in [-0.3, -0.25) is 0 Å². The predicted octanol–water partition coefficient (Wildman–Crippen LogP) is 3.12. The molecule has 2 aromatic rings. The van der Waals surface area contributed by atoms with Crippen molar-refractivity contribution in [2.45, 2.75) is 38.6 Å². The van der Waals surface area contributed by atoms with Crippen LogP contribution in [0.25, 0.3) is 0 Å². The van der Waals surface area contributed by atoms with E-state index < -0.39 is 9.84 Å². The summed E-state index contributed by atoms with van der Waals surface area (Å²) in [6.45, 7) is 6.54. The average Bonchev–Trinajstić information content (AvgIpc) is 2.86. The van der Waals surface area contributed by atoms with Crippen LogP contribution < -0.4 is 10.6 Å². The van der Waals surface area contributed by atoms with E-state index in [1.165, 1.54) is 5.56 Å². The highest BCUT2D eigenvalue weighted by Gasteiger charge is 2.28. The molecule has 0 radical (unpaired) electrons. The number of anilines is 3. The lowest BCUT2D eigenvalue weighted by molar-refractivity contribution is 0.590. The first-order valence-electron chi connectivity index (χ1n) is 8.39. The molecule has 1 atom stereocenters. The fraction of sp³-hybridized carbons (Fsp3) is 0.444. The number of rotatable bonds is 4. The largest absolute Gasteiger partial charge is 0.350 e. The quantitative estimate of drug-likeness (QED) is 0.871. The summed E-state index contributed by atoms with van der Waals surface area (Å²) in [6.07, 6.45) is 2.25. The zero-order chi connectivity index (χ0) is 18.1. The van der Waals surface area contributed by atoms with E-state index in [-0.39, 0.29) is 23.0 Å². The van der Waals surface area contributed by atoms with Crippen LogP contribution in [0, 0.1) is 0 Å². The Kier molecular flexibility index (Phi) is 4.69. The number of nitrogens with zero attached hydrogens (tertiary/aromatic N) is 2. The molecule has 0 aliphatic carbocycles. The molecule has 0 saturated carbocycles. The van der Waals surface area contributed by atoms with Crippen molar-refractivity contribution < 1.29 is 8.42 Å². The van der Waals surface area contributed by atoms with Crippen LogP contribution >= 0.6 is 0 Å². The molecule has 0 spiro atoms. The van der Waals surface area contributed by atoms with Crippen molar-refractivity contribution in [1.82, 2.24) is 9.97 Å². The normalized spacial score (nSPS) is 19.6. The van der Waals surface area contributed by atoms with Crippen LogP contribution in [0.1, 0.15) is 32.8 Å². The number of hydrogen-bond acceptors (Lipinski definition) is 6. The predicted molar refractivity (Wildman–Crippen MR) is 101 cm³/mol. The molecule has 2 N–H and O–H groups in total. The number of benzene rings is 1. The molecule has 0 bridgehead atoms. The van der Waals surface area contributed by atoms with Gasteiger partial charge in [0.2, 0.25) is 5.95 Å². The summed E-state index contributed by atoms with van der Waals surface area (Å²) in [7, 11) is -2.92. The summed E-state index contributed by atoms with van der Waals surface area (Å²) >= 11 is 0. The molecule has 3 rings (SSSR count). The first-order valence-corrected chi connectivity index (χ1v) is 10.2. The van der Waals surface area contributed by atoms with Gasteiger partial charge in [-0.25, -0.2) is 13.4 Å². The maximum atomic E-state index is 11.5. The molecule has 2 heterocycles. The van der Waals surface area contributed by atoms with Crippen LogP contribution in [0.4, 0.5) is 17.5 Å². The molecule has 1 aliphatic heterocycles. The van der Waals surface area contributed by atoms with Crippen molar-refractivity contribution in [2.24, 2.45) is 0 Å². The van der Waals surface area contributed by atoms with Crippen LogP contribution in [0.2, 0.25) is 0 Å². The van der Waals surface area contributed by atoms with E-state index in [0.29, 0.717) is 18.2 Å². The third kappa shape index (κ3) is 4.69. The van der Waals surface area contributed by atoms with Crippen LogP contribution in [-0.4, -0.2) is 35.9 Å². The van der Waals surface area contributed by atoms with Crippen molar-refractivity contribution >= 4 is 27.3 Å². The Morgan fingerprint density at radius 1 is 1.12 bits per heavy atom. The Morgan fingerprint density at radius 3 is 2.44 bits per heavy atom. The third-order valence-electron chi connectivity index (χ3n) is 4.24. The van der Waals surface area contributed by atoms with E-state index >= 15 is 0 Å². The van der Waals surface area contributed by atoms with Gasteiger partial charge < -0.3 is 10.6 Å². The van der Waals surface area contributed by atoms with Gasteiger partial charge in [0.25, 0.3) is 0 Å². The van der Waals surface area contributed by atoms with Crippen molar-refractivity contribution in [3.8, 4) is 0 Å². The molecular formula is C18H24N4O2S. The van der Waals surface area contributed by atoms with Crippen LogP contribution in [0.5, 0.6) is 0 Å². The highest BCUT2D eigenvalue weighted by Crippen LogP contribution is 2.24. The second-order valence-corrected chi connectivity index (χ2v) is 9.69. The number of nitrogens with one attached hydrogen (secondary N) is 2. The topological polar surface area (TPSA) is 84.0 Å². The monoisotopic (exact) mass is 360 g/mol. The van der Waals surface area contributed by atoms with Crippen molar-refractivity contribution in [2.75, 3.05) is 22.1 Å². The number of hydrogen-bond donors (Lipinski definition) is 2. The fourth-order valence-corrected chi connectivity index (χ4v) is 4.46. The Hall–Kier alpha value is -2.15. The van der Waals surface area contributed by atoms with Crippen molar-refractivity contribution in [1.29, 1.82) is 0 Å². The van der Waals surface area contributed by atoms with E-state index in [2.05, 4.69) is 53.5 Å². The van der Waals surface area contributed by atoms with E-state index in [1.54, 1.807) is 12.3 Å². The van der Waals surface area contributed by atoms with Crippen LogP contribution in [0.3, 0.4) is 0 Å². The van der Waals surface area contributed by atoms with Gasteiger partial charge >= 0.3 is 0 Å². The smallest absolute Gasteiger partial charge is 0.224 e. The Balaban J connectivity index is 1.67. The van der Waals surface area contributed by atoms with Gasteiger partial charge in [0.15, 0.2) is 9.84 Å². The SMILES string of the molecule is CC(C)(C)c1ccc(Nc2ccnc(NC3CCS(=O)(=O)C3)n2)cc1. The molecule has 6 nitrogen and oxygen atoms in total. The Bertz CT molecular complexity index is 842. The summed E-state index contributed by atoms with van der Waals surface area (Å²) in [4.78, 5) is 8.60. The minimum Gasteiger partial charge on any atom is -0.350 e.